The average Bonchev–Trinajstić information content (AvgIpc) is 2.91. The maximum Gasteiger partial charge on any atom is 0.121 e. The monoisotopic (exact) mass is 287 g/mol. The fourth-order valence-electron chi connectivity index (χ4n) is 2.14. The zero-order valence-electron chi connectivity index (χ0n) is 13.4. The maximum absolute atomic E-state index is 5.25. The number of aryl methyl sites for hydroxylation is 1. The van der Waals surface area contributed by atoms with E-state index in [1.54, 1.807) is 7.11 Å². The van der Waals surface area contributed by atoms with Crippen molar-refractivity contribution >= 4 is 0 Å². The minimum atomic E-state index is 0.185. The highest BCUT2D eigenvalue weighted by Gasteiger charge is 2.08. The van der Waals surface area contributed by atoms with Gasteiger partial charge in [-0.1, -0.05) is 6.07 Å². The molecule has 0 bridgehead atoms. The summed E-state index contributed by atoms with van der Waals surface area (Å²) in [4.78, 5) is 0. The van der Waals surface area contributed by atoms with E-state index in [9.17, 15) is 0 Å². The highest BCUT2D eigenvalue weighted by Crippen LogP contribution is 2.16. The van der Waals surface area contributed by atoms with Crippen LogP contribution in [-0.2, 0) is 6.42 Å². The smallest absolute Gasteiger partial charge is 0.121 e. The van der Waals surface area contributed by atoms with Gasteiger partial charge in [0, 0.05) is 17.8 Å². The summed E-state index contributed by atoms with van der Waals surface area (Å²) >= 11 is 0. The van der Waals surface area contributed by atoms with E-state index in [0.717, 1.165) is 30.8 Å². The van der Waals surface area contributed by atoms with Gasteiger partial charge in [-0.05, 0) is 57.9 Å². The summed E-state index contributed by atoms with van der Waals surface area (Å²) < 4.78 is 7.14. The molecule has 0 amide bonds. The number of rotatable bonds is 6. The second-order valence-electron chi connectivity index (χ2n) is 6.27. The van der Waals surface area contributed by atoms with Gasteiger partial charge in [0.25, 0.3) is 0 Å². The summed E-state index contributed by atoms with van der Waals surface area (Å²) in [6.07, 6.45) is 6.18. The van der Waals surface area contributed by atoms with Crippen molar-refractivity contribution in [1.82, 2.24) is 15.1 Å². The summed E-state index contributed by atoms with van der Waals surface area (Å²) in [6.45, 7) is 7.59. The third-order valence-electron chi connectivity index (χ3n) is 3.25. The van der Waals surface area contributed by atoms with Crippen LogP contribution in [0.25, 0.3) is 5.69 Å². The van der Waals surface area contributed by atoms with Gasteiger partial charge in [-0.3, -0.25) is 0 Å². The summed E-state index contributed by atoms with van der Waals surface area (Å²) in [5.41, 5.74) is 2.46. The Labute approximate surface area is 127 Å². The molecule has 0 aliphatic carbocycles. The molecule has 0 aliphatic heterocycles. The van der Waals surface area contributed by atoms with Crippen LogP contribution in [0.2, 0.25) is 0 Å². The van der Waals surface area contributed by atoms with Crippen LogP contribution in [-0.4, -0.2) is 29.0 Å². The molecule has 0 fully saturated rings. The van der Waals surface area contributed by atoms with Crippen LogP contribution >= 0.6 is 0 Å². The molecule has 1 N–H and O–H groups in total. The lowest BCUT2D eigenvalue weighted by atomic mass is 10.1. The number of hydrogen-bond acceptors (Lipinski definition) is 3. The molecule has 1 heterocycles. The molecule has 4 nitrogen and oxygen atoms in total. The molecule has 0 saturated heterocycles. The van der Waals surface area contributed by atoms with Crippen molar-refractivity contribution in [2.75, 3.05) is 13.7 Å². The molecule has 0 saturated carbocycles. The number of ether oxygens (including phenoxy) is 1. The van der Waals surface area contributed by atoms with Gasteiger partial charge in [0.1, 0.15) is 5.75 Å². The molecule has 0 unspecified atom stereocenters. The van der Waals surface area contributed by atoms with Gasteiger partial charge in [0.05, 0.1) is 19.0 Å². The predicted octanol–water partition coefficient (Wildman–Crippen LogP) is 3.20. The number of benzene rings is 1. The number of methoxy groups -OCH3 is 1. The zero-order valence-corrected chi connectivity index (χ0v) is 13.4. The molecular formula is C17H25N3O. The van der Waals surface area contributed by atoms with E-state index in [1.807, 2.05) is 35.1 Å². The lowest BCUT2D eigenvalue weighted by Gasteiger charge is -2.20. The van der Waals surface area contributed by atoms with Crippen LogP contribution in [0.1, 0.15) is 32.8 Å². The molecule has 1 aromatic carbocycles. The van der Waals surface area contributed by atoms with Gasteiger partial charge in [0.15, 0.2) is 0 Å². The first-order valence-corrected chi connectivity index (χ1v) is 7.41. The molecule has 2 rings (SSSR count). The van der Waals surface area contributed by atoms with Crippen LogP contribution < -0.4 is 10.1 Å². The van der Waals surface area contributed by atoms with E-state index < -0.39 is 0 Å². The first-order valence-electron chi connectivity index (χ1n) is 7.41. The van der Waals surface area contributed by atoms with Gasteiger partial charge in [-0.2, -0.15) is 5.10 Å². The van der Waals surface area contributed by atoms with Crippen LogP contribution in [0.15, 0.2) is 36.7 Å². The van der Waals surface area contributed by atoms with Crippen molar-refractivity contribution in [3.8, 4) is 11.4 Å². The van der Waals surface area contributed by atoms with Crippen molar-refractivity contribution in [3.63, 3.8) is 0 Å². The quantitative estimate of drug-likeness (QED) is 0.829. The minimum Gasteiger partial charge on any atom is -0.497 e. The first-order chi connectivity index (χ1) is 9.98. The van der Waals surface area contributed by atoms with E-state index in [1.165, 1.54) is 5.56 Å². The van der Waals surface area contributed by atoms with E-state index in [2.05, 4.69) is 37.4 Å². The van der Waals surface area contributed by atoms with Crippen molar-refractivity contribution in [2.45, 2.75) is 39.2 Å². The summed E-state index contributed by atoms with van der Waals surface area (Å²) in [5, 5.41) is 7.93. The number of nitrogens with zero attached hydrogens (tertiary/aromatic N) is 2. The van der Waals surface area contributed by atoms with E-state index >= 15 is 0 Å². The average molecular weight is 287 g/mol. The van der Waals surface area contributed by atoms with Crippen molar-refractivity contribution in [2.24, 2.45) is 0 Å². The predicted molar refractivity (Wildman–Crippen MR) is 86.2 cm³/mol. The summed E-state index contributed by atoms with van der Waals surface area (Å²) in [5.74, 6) is 0.846. The van der Waals surface area contributed by atoms with Gasteiger partial charge in [0.2, 0.25) is 0 Å². The Morgan fingerprint density at radius 2 is 2.10 bits per heavy atom. The normalized spacial score (nSPS) is 11.6. The van der Waals surface area contributed by atoms with Crippen LogP contribution in [0, 0.1) is 0 Å². The Bertz CT molecular complexity index is 569. The van der Waals surface area contributed by atoms with Gasteiger partial charge in [-0.25, -0.2) is 4.68 Å². The summed E-state index contributed by atoms with van der Waals surface area (Å²) in [7, 11) is 1.68. The number of nitrogens with one attached hydrogen (secondary N) is 1. The van der Waals surface area contributed by atoms with Gasteiger partial charge < -0.3 is 10.1 Å². The largest absolute Gasteiger partial charge is 0.497 e. The second kappa shape index (κ2) is 6.76. The van der Waals surface area contributed by atoms with E-state index in [4.69, 9.17) is 4.74 Å². The van der Waals surface area contributed by atoms with Crippen LogP contribution in [0.5, 0.6) is 5.75 Å². The molecule has 2 aromatic rings. The Morgan fingerprint density at radius 3 is 2.81 bits per heavy atom. The Hall–Kier alpha value is -1.81. The number of hydrogen-bond donors (Lipinski definition) is 1. The third-order valence-corrected chi connectivity index (χ3v) is 3.25. The lowest BCUT2D eigenvalue weighted by Crippen LogP contribution is -2.36. The SMILES string of the molecule is COc1cccc(-n2cc(CCCNC(C)(C)C)cn2)c1. The molecule has 0 aliphatic rings. The van der Waals surface area contributed by atoms with Crippen molar-refractivity contribution in [3.05, 3.63) is 42.2 Å². The first kappa shape index (κ1) is 15.6. The lowest BCUT2D eigenvalue weighted by molar-refractivity contribution is 0.414. The molecule has 1 aromatic heterocycles. The molecule has 0 spiro atoms. The highest BCUT2D eigenvalue weighted by atomic mass is 16.5. The zero-order chi connectivity index (χ0) is 15.3. The van der Waals surface area contributed by atoms with Gasteiger partial charge in [-0.15, -0.1) is 0 Å². The van der Waals surface area contributed by atoms with Gasteiger partial charge >= 0.3 is 0 Å². The Morgan fingerprint density at radius 1 is 1.29 bits per heavy atom. The molecular weight excluding hydrogens is 262 g/mol. The topological polar surface area (TPSA) is 39.1 Å². The fraction of sp³-hybridized carbons (Fsp3) is 0.471. The molecule has 4 heteroatoms. The van der Waals surface area contributed by atoms with Crippen molar-refractivity contribution in [1.29, 1.82) is 0 Å². The van der Waals surface area contributed by atoms with Crippen LogP contribution in [0.3, 0.4) is 0 Å². The van der Waals surface area contributed by atoms with E-state index in [-0.39, 0.29) is 5.54 Å². The standard InChI is InChI=1S/C17H25N3O/c1-17(2,3)18-10-6-7-14-12-19-20(13-14)15-8-5-9-16(11-15)21-4/h5,8-9,11-13,18H,6-7,10H2,1-4H3. The molecule has 0 atom stereocenters. The molecule has 114 valence electrons. The highest BCUT2D eigenvalue weighted by molar-refractivity contribution is 5.38. The third kappa shape index (κ3) is 4.90. The second-order valence-corrected chi connectivity index (χ2v) is 6.27. The van der Waals surface area contributed by atoms with Crippen molar-refractivity contribution < 1.29 is 4.74 Å². The molecule has 21 heavy (non-hydrogen) atoms. The Kier molecular flexibility index (Phi) is 5.02. The van der Waals surface area contributed by atoms with E-state index in [0.29, 0.717) is 0 Å². The summed E-state index contributed by atoms with van der Waals surface area (Å²) in [6, 6.07) is 7.92. The number of aromatic nitrogens is 2. The maximum atomic E-state index is 5.25. The molecule has 0 radical (unpaired) electrons. The Balaban J connectivity index is 1.92. The fourth-order valence-corrected chi connectivity index (χ4v) is 2.14. The minimum absolute atomic E-state index is 0.185. The van der Waals surface area contributed by atoms with Crippen LogP contribution in [0.4, 0.5) is 0 Å².